The number of hydrogen-bond acceptors (Lipinski definition) is 4. The molecule has 6 heteroatoms. The van der Waals surface area contributed by atoms with E-state index < -0.39 is 12.1 Å². The lowest BCUT2D eigenvalue weighted by atomic mass is 9.88. The molecule has 0 bridgehead atoms. The van der Waals surface area contributed by atoms with Crippen molar-refractivity contribution in [1.82, 2.24) is 10.6 Å². The molecular weight excluding hydrogens is 416 g/mol. The summed E-state index contributed by atoms with van der Waals surface area (Å²) in [4.78, 5) is 25.8. The van der Waals surface area contributed by atoms with Gasteiger partial charge in [-0.25, -0.2) is 4.79 Å². The Balaban J connectivity index is 1.74. The van der Waals surface area contributed by atoms with Crippen LogP contribution in [0.5, 0.6) is 5.75 Å². The van der Waals surface area contributed by atoms with Gasteiger partial charge in [0.15, 0.2) is 0 Å². The quantitative estimate of drug-likeness (QED) is 0.469. The maximum atomic E-state index is 13.2. The lowest BCUT2D eigenvalue weighted by molar-refractivity contribution is -0.123. The largest absolute Gasteiger partial charge is 0.497 e. The van der Waals surface area contributed by atoms with E-state index >= 15 is 0 Å². The first kappa shape index (κ1) is 23.9. The number of benzene rings is 3. The lowest BCUT2D eigenvalue weighted by Gasteiger charge is -2.27. The third-order valence-corrected chi connectivity index (χ3v) is 5.46. The molecule has 6 nitrogen and oxygen atoms in total. The van der Waals surface area contributed by atoms with Gasteiger partial charge in [-0.2, -0.15) is 0 Å². The second-order valence-corrected chi connectivity index (χ2v) is 7.68. The van der Waals surface area contributed by atoms with Gasteiger partial charge in [0.1, 0.15) is 18.4 Å². The summed E-state index contributed by atoms with van der Waals surface area (Å²) < 4.78 is 10.6. The smallest absolute Gasteiger partial charge is 0.408 e. The van der Waals surface area contributed by atoms with Crippen molar-refractivity contribution in [2.45, 2.75) is 38.5 Å². The lowest BCUT2D eigenvalue weighted by Crippen LogP contribution is -2.50. The van der Waals surface area contributed by atoms with E-state index in [1.165, 1.54) is 0 Å². The molecule has 0 spiro atoms. The first-order chi connectivity index (χ1) is 16.1. The fourth-order valence-corrected chi connectivity index (χ4v) is 3.65. The van der Waals surface area contributed by atoms with Crippen LogP contribution in [-0.2, 0) is 22.7 Å². The van der Waals surface area contributed by atoms with Crippen LogP contribution in [0.1, 0.15) is 36.0 Å². The normalized spacial score (nSPS) is 12.3. The van der Waals surface area contributed by atoms with Crippen LogP contribution in [0.4, 0.5) is 4.79 Å². The van der Waals surface area contributed by atoms with Crippen LogP contribution in [0, 0.1) is 0 Å². The van der Waals surface area contributed by atoms with Gasteiger partial charge in [-0.15, -0.1) is 0 Å². The number of hydrogen-bond donors (Lipinski definition) is 2. The Labute approximate surface area is 194 Å². The van der Waals surface area contributed by atoms with E-state index in [4.69, 9.17) is 9.47 Å². The Hall–Kier alpha value is -3.80. The van der Waals surface area contributed by atoms with Crippen LogP contribution >= 0.6 is 0 Å². The van der Waals surface area contributed by atoms with Crippen molar-refractivity contribution in [2.24, 2.45) is 0 Å². The Kier molecular flexibility index (Phi) is 8.88. The van der Waals surface area contributed by atoms with Crippen molar-refractivity contribution >= 4 is 12.0 Å². The Morgan fingerprint density at radius 1 is 0.848 bits per heavy atom. The number of alkyl carbamates (subject to hydrolysis) is 1. The fourth-order valence-electron chi connectivity index (χ4n) is 3.65. The van der Waals surface area contributed by atoms with Gasteiger partial charge >= 0.3 is 6.09 Å². The minimum absolute atomic E-state index is 0.129. The summed E-state index contributed by atoms with van der Waals surface area (Å²) in [6, 6.07) is 25.8. The van der Waals surface area contributed by atoms with Crippen molar-refractivity contribution in [2.75, 3.05) is 7.11 Å². The number of nitrogens with one attached hydrogen (secondary N) is 2. The summed E-state index contributed by atoms with van der Waals surface area (Å²) >= 11 is 0. The number of methoxy groups -OCH3 is 1. The van der Waals surface area contributed by atoms with Crippen LogP contribution < -0.4 is 15.4 Å². The molecule has 3 rings (SSSR count). The third-order valence-electron chi connectivity index (χ3n) is 5.46. The van der Waals surface area contributed by atoms with Crippen molar-refractivity contribution in [1.29, 1.82) is 0 Å². The summed E-state index contributed by atoms with van der Waals surface area (Å²) in [6.45, 7) is 2.49. The number of carbonyl (C=O) groups excluding carboxylic acids is 2. The van der Waals surface area contributed by atoms with Crippen molar-refractivity contribution in [3.8, 4) is 5.75 Å². The molecule has 0 saturated carbocycles. The average molecular weight is 447 g/mol. The molecule has 3 aromatic rings. The molecule has 2 amide bonds. The topological polar surface area (TPSA) is 76.7 Å². The van der Waals surface area contributed by atoms with Crippen LogP contribution in [-0.4, -0.2) is 25.2 Å². The highest BCUT2D eigenvalue weighted by Crippen LogP contribution is 2.26. The van der Waals surface area contributed by atoms with E-state index in [-0.39, 0.29) is 18.4 Å². The van der Waals surface area contributed by atoms with E-state index in [1.807, 2.05) is 91.9 Å². The predicted octanol–water partition coefficient (Wildman–Crippen LogP) is 4.80. The molecule has 3 aromatic carbocycles. The zero-order valence-electron chi connectivity index (χ0n) is 19.0. The van der Waals surface area contributed by atoms with Crippen LogP contribution in [0.25, 0.3) is 0 Å². The molecule has 0 aliphatic carbocycles. The summed E-state index contributed by atoms with van der Waals surface area (Å²) in [6.07, 6.45) is 0.0139. The highest BCUT2D eigenvalue weighted by atomic mass is 16.5. The SMILES string of the molecule is CC[C@H](c1ccc(OC)cc1)[C@H](NC(=O)OCc1ccccc1)C(=O)NCc1ccccc1. The van der Waals surface area contributed by atoms with Crippen LogP contribution in [0.3, 0.4) is 0 Å². The molecule has 172 valence electrons. The molecule has 0 aromatic heterocycles. The summed E-state index contributed by atoms with van der Waals surface area (Å²) in [7, 11) is 1.61. The molecule has 0 saturated heterocycles. The Morgan fingerprint density at radius 3 is 2.03 bits per heavy atom. The van der Waals surface area contributed by atoms with Gasteiger partial charge in [0.05, 0.1) is 7.11 Å². The summed E-state index contributed by atoms with van der Waals surface area (Å²) in [5, 5.41) is 5.75. The van der Waals surface area contributed by atoms with Gasteiger partial charge < -0.3 is 20.1 Å². The molecule has 0 heterocycles. The minimum Gasteiger partial charge on any atom is -0.497 e. The standard InChI is InChI=1S/C27H30N2O4/c1-3-24(22-14-16-23(32-2)17-15-22)25(26(30)28-18-20-10-6-4-7-11-20)29-27(31)33-19-21-12-8-5-9-13-21/h4-17,24-25H,3,18-19H2,1-2H3,(H,28,30)(H,29,31)/t24-,25+/m1/s1. The first-order valence-corrected chi connectivity index (χ1v) is 11.0. The molecule has 0 unspecified atom stereocenters. The number of ether oxygens (including phenoxy) is 2. The maximum absolute atomic E-state index is 13.2. The summed E-state index contributed by atoms with van der Waals surface area (Å²) in [5.41, 5.74) is 2.79. The van der Waals surface area contributed by atoms with Crippen molar-refractivity contribution in [3.63, 3.8) is 0 Å². The molecule has 0 aliphatic heterocycles. The predicted molar refractivity (Wildman–Crippen MR) is 128 cm³/mol. The molecular formula is C27H30N2O4. The summed E-state index contributed by atoms with van der Waals surface area (Å²) in [5.74, 6) is 0.225. The molecule has 0 fully saturated rings. The Bertz CT molecular complexity index is 1010. The van der Waals surface area contributed by atoms with Crippen LogP contribution in [0.2, 0.25) is 0 Å². The molecule has 2 atom stereocenters. The van der Waals surface area contributed by atoms with Crippen molar-refractivity contribution < 1.29 is 19.1 Å². The number of rotatable bonds is 10. The highest BCUT2D eigenvalue weighted by molar-refractivity contribution is 5.86. The van der Waals surface area contributed by atoms with Gasteiger partial charge in [0.2, 0.25) is 5.91 Å². The van der Waals surface area contributed by atoms with Gasteiger partial charge in [0.25, 0.3) is 0 Å². The van der Waals surface area contributed by atoms with Crippen LogP contribution in [0.15, 0.2) is 84.9 Å². The Morgan fingerprint density at radius 2 is 1.45 bits per heavy atom. The fraction of sp³-hybridized carbons (Fsp3) is 0.259. The minimum atomic E-state index is -0.796. The second kappa shape index (κ2) is 12.3. The van der Waals surface area contributed by atoms with E-state index in [1.54, 1.807) is 7.11 Å². The molecule has 0 radical (unpaired) electrons. The first-order valence-electron chi connectivity index (χ1n) is 11.0. The number of amides is 2. The van der Waals surface area contributed by atoms with E-state index in [0.717, 1.165) is 22.4 Å². The van der Waals surface area contributed by atoms with E-state index in [0.29, 0.717) is 13.0 Å². The van der Waals surface area contributed by atoms with Gasteiger partial charge in [-0.3, -0.25) is 4.79 Å². The van der Waals surface area contributed by atoms with Gasteiger partial charge in [0, 0.05) is 12.5 Å². The van der Waals surface area contributed by atoms with E-state index in [2.05, 4.69) is 10.6 Å². The third kappa shape index (κ3) is 7.10. The van der Waals surface area contributed by atoms with Gasteiger partial charge in [-0.1, -0.05) is 79.7 Å². The van der Waals surface area contributed by atoms with Gasteiger partial charge in [-0.05, 0) is 35.2 Å². The second-order valence-electron chi connectivity index (χ2n) is 7.68. The average Bonchev–Trinajstić information content (AvgIpc) is 2.87. The zero-order chi connectivity index (χ0) is 23.5. The molecule has 2 N–H and O–H groups in total. The zero-order valence-corrected chi connectivity index (χ0v) is 19.0. The number of carbonyl (C=O) groups is 2. The van der Waals surface area contributed by atoms with E-state index in [9.17, 15) is 9.59 Å². The molecule has 33 heavy (non-hydrogen) atoms. The maximum Gasteiger partial charge on any atom is 0.408 e. The monoisotopic (exact) mass is 446 g/mol. The van der Waals surface area contributed by atoms with Crippen molar-refractivity contribution in [3.05, 3.63) is 102 Å². The molecule has 0 aliphatic rings. The highest BCUT2D eigenvalue weighted by Gasteiger charge is 2.30.